The fraction of sp³-hybridized carbons (Fsp3) is 0.357. The van der Waals surface area contributed by atoms with E-state index in [0.29, 0.717) is 5.56 Å². The highest BCUT2D eigenvalue weighted by molar-refractivity contribution is 5.97. The van der Waals surface area contributed by atoms with Crippen molar-refractivity contribution in [3.05, 3.63) is 35.9 Å². The van der Waals surface area contributed by atoms with Crippen molar-refractivity contribution in [1.29, 1.82) is 0 Å². The molecular formula is C14H18N2O5. The number of carbonyl (C=O) groups is 3. The molecule has 0 heterocycles. The maximum absolute atomic E-state index is 11.9. The van der Waals surface area contributed by atoms with Crippen molar-refractivity contribution < 1.29 is 24.2 Å². The SMILES string of the molecule is CC(C)[C@@H](OC(=O)[C@H](O)c1ccccc1)C(=O)NC(N)=O. The van der Waals surface area contributed by atoms with Gasteiger partial charge in [0.25, 0.3) is 5.91 Å². The highest BCUT2D eigenvalue weighted by atomic mass is 16.6. The molecule has 0 bridgehead atoms. The first-order valence-electron chi connectivity index (χ1n) is 6.36. The number of benzene rings is 1. The molecule has 0 unspecified atom stereocenters. The lowest BCUT2D eigenvalue weighted by atomic mass is 10.1. The minimum absolute atomic E-state index is 0.348. The van der Waals surface area contributed by atoms with Crippen molar-refractivity contribution in [1.82, 2.24) is 5.32 Å². The summed E-state index contributed by atoms with van der Waals surface area (Å²) in [6, 6.07) is 7.13. The van der Waals surface area contributed by atoms with E-state index in [4.69, 9.17) is 10.5 Å². The number of rotatable bonds is 5. The monoisotopic (exact) mass is 294 g/mol. The van der Waals surface area contributed by atoms with Gasteiger partial charge in [0.2, 0.25) is 0 Å². The van der Waals surface area contributed by atoms with Crippen molar-refractivity contribution in [2.75, 3.05) is 0 Å². The smallest absolute Gasteiger partial charge is 0.340 e. The maximum atomic E-state index is 11.9. The number of aliphatic hydroxyl groups is 1. The Kier molecular flexibility index (Phi) is 5.86. The molecule has 0 aromatic heterocycles. The predicted octanol–water partition coefficient (Wildman–Crippen LogP) is 0.483. The van der Waals surface area contributed by atoms with E-state index < -0.39 is 36.0 Å². The number of imide groups is 1. The summed E-state index contributed by atoms with van der Waals surface area (Å²) in [6.07, 6.45) is -2.72. The predicted molar refractivity (Wildman–Crippen MR) is 73.8 cm³/mol. The summed E-state index contributed by atoms with van der Waals surface area (Å²) in [5.74, 6) is -2.19. The van der Waals surface area contributed by atoms with Gasteiger partial charge in [-0.25, -0.2) is 9.59 Å². The van der Waals surface area contributed by atoms with Crippen LogP contribution in [0.1, 0.15) is 25.5 Å². The van der Waals surface area contributed by atoms with Crippen LogP contribution >= 0.6 is 0 Å². The quantitative estimate of drug-likeness (QED) is 0.683. The minimum Gasteiger partial charge on any atom is -0.450 e. The maximum Gasteiger partial charge on any atom is 0.340 e. The zero-order valence-corrected chi connectivity index (χ0v) is 11.8. The average molecular weight is 294 g/mol. The van der Waals surface area contributed by atoms with E-state index in [9.17, 15) is 19.5 Å². The van der Waals surface area contributed by atoms with E-state index in [1.54, 1.807) is 44.2 Å². The Morgan fingerprint density at radius 2 is 1.76 bits per heavy atom. The first-order chi connectivity index (χ1) is 9.82. The number of hydrogen-bond acceptors (Lipinski definition) is 5. The molecule has 1 rings (SSSR count). The van der Waals surface area contributed by atoms with Crippen LogP contribution in [-0.4, -0.2) is 29.1 Å². The van der Waals surface area contributed by atoms with E-state index in [2.05, 4.69) is 0 Å². The van der Waals surface area contributed by atoms with Crippen LogP contribution in [0.5, 0.6) is 0 Å². The molecule has 0 fully saturated rings. The van der Waals surface area contributed by atoms with Crippen molar-refractivity contribution >= 4 is 17.9 Å². The molecule has 1 aromatic rings. The Morgan fingerprint density at radius 3 is 2.24 bits per heavy atom. The van der Waals surface area contributed by atoms with Crippen LogP contribution in [0, 0.1) is 5.92 Å². The second kappa shape index (κ2) is 7.39. The van der Waals surface area contributed by atoms with Gasteiger partial charge in [-0.15, -0.1) is 0 Å². The Bertz CT molecular complexity index is 515. The topological polar surface area (TPSA) is 119 Å². The van der Waals surface area contributed by atoms with Crippen molar-refractivity contribution in [2.24, 2.45) is 11.7 Å². The fourth-order valence-corrected chi connectivity index (χ4v) is 1.65. The number of aliphatic hydroxyl groups excluding tert-OH is 1. The molecule has 1 aromatic carbocycles. The summed E-state index contributed by atoms with van der Waals surface area (Å²) in [7, 11) is 0. The molecule has 21 heavy (non-hydrogen) atoms. The van der Waals surface area contributed by atoms with Gasteiger partial charge in [0.05, 0.1) is 0 Å². The minimum atomic E-state index is -1.51. The van der Waals surface area contributed by atoms with Crippen LogP contribution in [0.3, 0.4) is 0 Å². The molecule has 0 aliphatic carbocycles. The Balaban J connectivity index is 2.77. The number of urea groups is 1. The molecule has 7 heteroatoms. The number of nitrogens with one attached hydrogen (secondary N) is 1. The van der Waals surface area contributed by atoms with Gasteiger partial charge in [-0.3, -0.25) is 10.1 Å². The van der Waals surface area contributed by atoms with Gasteiger partial charge in [-0.2, -0.15) is 0 Å². The van der Waals surface area contributed by atoms with Gasteiger partial charge < -0.3 is 15.6 Å². The van der Waals surface area contributed by atoms with Crippen LogP contribution in [0.2, 0.25) is 0 Å². The molecule has 0 saturated heterocycles. The molecule has 0 aliphatic rings. The molecule has 0 spiro atoms. The molecule has 2 atom stereocenters. The van der Waals surface area contributed by atoms with E-state index in [1.165, 1.54) is 0 Å². The number of esters is 1. The van der Waals surface area contributed by atoms with Gasteiger partial charge in [0.1, 0.15) is 0 Å². The Labute approximate surface area is 122 Å². The second-order valence-corrected chi connectivity index (χ2v) is 4.77. The normalized spacial score (nSPS) is 13.3. The first-order valence-corrected chi connectivity index (χ1v) is 6.36. The zero-order chi connectivity index (χ0) is 16.0. The van der Waals surface area contributed by atoms with Crippen molar-refractivity contribution in [3.63, 3.8) is 0 Å². The summed E-state index contributed by atoms with van der Waals surface area (Å²) in [6.45, 7) is 3.26. The van der Waals surface area contributed by atoms with Crippen molar-refractivity contribution in [3.8, 4) is 0 Å². The molecular weight excluding hydrogens is 276 g/mol. The Hall–Kier alpha value is -2.41. The third-order valence-corrected chi connectivity index (χ3v) is 2.69. The highest BCUT2D eigenvalue weighted by Gasteiger charge is 2.30. The third-order valence-electron chi connectivity index (χ3n) is 2.69. The van der Waals surface area contributed by atoms with Crippen molar-refractivity contribution in [2.45, 2.75) is 26.1 Å². The molecule has 114 valence electrons. The second-order valence-electron chi connectivity index (χ2n) is 4.77. The lowest BCUT2D eigenvalue weighted by molar-refractivity contribution is -0.166. The lowest BCUT2D eigenvalue weighted by Gasteiger charge is -2.21. The number of hydrogen-bond donors (Lipinski definition) is 3. The van der Waals surface area contributed by atoms with Gasteiger partial charge in [0, 0.05) is 0 Å². The van der Waals surface area contributed by atoms with Gasteiger partial charge in [0.15, 0.2) is 12.2 Å². The number of amides is 3. The van der Waals surface area contributed by atoms with Crippen LogP contribution in [0.25, 0.3) is 0 Å². The molecule has 7 nitrogen and oxygen atoms in total. The van der Waals surface area contributed by atoms with Crippen LogP contribution in [0.15, 0.2) is 30.3 Å². The number of primary amides is 1. The summed E-state index contributed by atoms with van der Waals surface area (Å²) in [5.41, 5.74) is 5.20. The fourth-order valence-electron chi connectivity index (χ4n) is 1.65. The number of carbonyl (C=O) groups excluding carboxylic acids is 3. The standard InChI is InChI=1S/C14H18N2O5/c1-8(2)11(12(18)16-14(15)20)21-13(19)10(17)9-6-4-3-5-7-9/h3-8,10-11,17H,1-2H3,(H3,15,16,18,20)/t10-,11-/m1/s1. The number of nitrogens with two attached hydrogens (primary N) is 1. The van der Waals surface area contributed by atoms with Gasteiger partial charge >= 0.3 is 12.0 Å². The van der Waals surface area contributed by atoms with E-state index in [0.717, 1.165) is 0 Å². The first kappa shape index (κ1) is 16.6. The highest BCUT2D eigenvalue weighted by Crippen LogP contribution is 2.17. The number of ether oxygens (including phenoxy) is 1. The van der Waals surface area contributed by atoms with Crippen LogP contribution in [0.4, 0.5) is 4.79 Å². The summed E-state index contributed by atoms with van der Waals surface area (Å²) < 4.78 is 4.98. The van der Waals surface area contributed by atoms with E-state index in [1.807, 2.05) is 5.32 Å². The van der Waals surface area contributed by atoms with Gasteiger partial charge in [-0.1, -0.05) is 44.2 Å². The summed E-state index contributed by atoms with van der Waals surface area (Å²) >= 11 is 0. The molecule has 0 saturated carbocycles. The summed E-state index contributed by atoms with van der Waals surface area (Å²) in [4.78, 5) is 34.3. The molecule has 0 radical (unpaired) electrons. The average Bonchev–Trinajstić information content (AvgIpc) is 2.43. The largest absolute Gasteiger partial charge is 0.450 e. The zero-order valence-electron chi connectivity index (χ0n) is 11.8. The summed E-state index contributed by atoms with van der Waals surface area (Å²) in [5, 5.41) is 11.7. The van der Waals surface area contributed by atoms with Crippen LogP contribution < -0.4 is 11.1 Å². The van der Waals surface area contributed by atoms with E-state index in [-0.39, 0.29) is 0 Å². The Morgan fingerprint density at radius 1 is 1.19 bits per heavy atom. The molecule has 0 aliphatic heterocycles. The van der Waals surface area contributed by atoms with Gasteiger partial charge in [-0.05, 0) is 11.5 Å². The molecule has 4 N–H and O–H groups in total. The van der Waals surface area contributed by atoms with Crippen LogP contribution in [-0.2, 0) is 14.3 Å². The third kappa shape index (κ3) is 4.88. The molecule has 3 amide bonds. The van der Waals surface area contributed by atoms with E-state index >= 15 is 0 Å². The lowest BCUT2D eigenvalue weighted by Crippen LogP contribution is -2.46.